The van der Waals surface area contributed by atoms with Gasteiger partial charge in [0.2, 0.25) is 10.0 Å². The van der Waals surface area contributed by atoms with Gasteiger partial charge in [0.15, 0.2) is 5.75 Å². The minimum atomic E-state index is -4.80. The average molecular weight is 575 g/mol. The lowest BCUT2D eigenvalue weighted by molar-refractivity contribution is -0.385. The van der Waals surface area contributed by atoms with E-state index >= 15 is 0 Å². The number of nitrogens with one attached hydrogen (secondary N) is 1. The number of benzene rings is 2. The smallest absolute Gasteiger partial charge is 0.416 e. The van der Waals surface area contributed by atoms with E-state index in [0.29, 0.717) is 18.6 Å². The zero-order valence-corrected chi connectivity index (χ0v) is 22.5. The maximum absolute atomic E-state index is 13.1. The van der Waals surface area contributed by atoms with Crippen LogP contribution in [0.2, 0.25) is 0 Å². The van der Waals surface area contributed by atoms with Crippen LogP contribution < -0.4 is 9.46 Å². The highest BCUT2D eigenvalue weighted by molar-refractivity contribution is 7.89. The van der Waals surface area contributed by atoms with Gasteiger partial charge in [-0.2, -0.15) is 17.9 Å². The highest BCUT2D eigenvalue weighted by Gasteiger charge is 2.34. The zero-order chi connectivity index (χ0) is 29.6. The molecule has 214 valence electrons. The Hall–Kier alpha value is -3.52. The molecule has 0 heterocycles. The number of alkyl halides is 3. The molecule has 1 atom stereocenters. The van der Waals surface area contributed by atoms with Gasteiger partial charge in [-0.05, 0) is 70.4 Å². The summed E-state index contributed by atoms with van der Waals surface area (Å²) in [5.74, 6) is -1.19. The SMILES string of the molecule is CC(=O)CCCOc1ccc(C[C@H](NS(=O)(=O)c2cccc(C(F)(F)F)c2)C(=O)OC(C)(C)C)cc1[N+](=O)[O-]. The molecule has 14 heteroatoms. The third-order valence-electron chi connectivity index (χ3n) is 5.05. The first-order valence-electron chi connectivity index (χ1n) is 11.7. The lowest BCUT2D eigenvalue weighted by Crippen LogP contribution is -2.45. The minimum Gasteiger partial charge on any atom is -0.487 e. The standard InChI is InChI=1S/C25H29F3N2O8S/c1-16(31)7-6-12-37-22-11-10-17(14-21(22)30(33)34)13-20(23(32)38-24(2,3)4)29-39(35,36)19-9-5-8-18(15-19)25(26,27)28/h5,8-11,14-15,20,29H,6-7,12-13H2,1-4H3/t20-/m0/s1. The molecule has 0 saturated heterocycles. The molecule has 1 N–H and O–H groups in total. The van der Waals surface area contributed by atoms with Crippen LogP contribution in [0.3, 0.4) is 0 Å². The fraction of sp³-hybridized carbons (Fsp3) is 0.440. The molecule has 0 radical (unpaired) electrons. The number of esters is 1. The summed E-state index contributed by atoms with van der Waals surface area (Å²) in [5.41, 5.74) is -2.55. The monoisotopic (exact) mass is 574 g/mol. The highest BCUT2D eigenvalue weighted by Crippen LogP contribution is 2.31. The molecule has 0 saturated carbocycles. The van der Waals surface area contributed by atoms with Gasteiger partial charge in [-0.3, -0.25) is 14.9 Å². The Bertz CT molecular complexity index is 1320. The lowest BCUT2D eigenvalue weighted by atomic mass is 10.0. The first-order valence-corrected chi connectivity index (χ1v) is 13.2. The van der Waals surface area contributed by atoms with E-state index < -0.39 is 61.3 Å². The summed E-state index contributed by atoms with van der Waals surface area (Å²) in [6.45, 7) is 6.04. The number of rotatable bonds is 12. The first-order chi connectivity index (χ1) is 17.9. The molecule has 0 aromatic heterocycles. The minimum absolute atomic E-state index is 0.0388. The summed E-state index contributed by atoms with van der Waals surface area (Å²) >= 11 is 0. The number of nitro groups is 1. The molecule has 0 aliphatic rings. The molecule has 10 nitrogen and oxygen atoms in total. The molecular formula is C25H29F3N2O8S. The fourth-order valence-corrected chi connectivity index (χ4v) is 4.56. The Morgan fingerprint density at radius 1 is 1.10 bits per heavy atom. The van der Waals surface area contributed by atoms with Gasteiger partial charge in [0.05, 0.1) is 22.0 Å². The van der Waals surface area contributed by atoms with Crippen LogP contribution in [0.5, 0.6) is 5.75 Å². The predicted octanol–water partition coefficient (Wildman–Crippen LogP) is 4.59. The van der Waals surface area contributed by atoms with Gasteiger partial charge in [0.25, 0.3) is 0 Å². The van der Waals surface area contributed by atoms with Crippen LogP contribution >= 0.6 is 0 Å². The molecule has 0 aliphatic heterocycles. The van der Waals surface area contributed by atoms with Crippen molar-refractivity contribution in [3.05, 3.63) is 63.7 Å². The van der Waals surface area contributed by atoms with Crippen LogP contribution in [-0.4, -0.2) is 43.3 Å². The van der Waals surface area contributed by atoms with Gasteiger partial charge in [-0.25, -0.2) is 8.42 Å². The topological polar surface area (TPSA) is 142 Å². The number of sulfonamides is 1. The van der Waals surface area contributed by atoms with Gasteiger partial charge in [-0.15, -0.1) is 0 Å². The van der Waals surface area contributed by atoms with Crippen molar-refractivity contribution in [1.82, 2.24) is 4.72 Å². The van der Waals surface area contributed by atoms with E-state index in [2.05, 4.69) is 4.72 Å². The first kappa shape index (κ1) is 31.7. The van der Waals surface area contributed by atoms with Gasteiger partial charge in [0.1, 0.15) is 17.4 Å². The van der Waals surface area contributed by atoms with Gasteiger partial charge >= 0.3 is 17.8 Å². The second-order valence-electron chi connectivity index (χ2n) is 9.65. The Kier molecular flexibility index (Phi) is 10.2. The quantitative estimate of drug-likeness (QED) is 0.168. The number of Topliss-reactive ketones (excluding diaryl/α,β-unsaturated/α-hetero) is 1. The largest absolute Gasteiger partial charge is 0.487 e. The molecule has 0 spiro atoms. The van der Waals surface area contributed by atoms with Crippen molar-refractivity contribution in [2.75, 3.05) is 6.61 Å². The molecule has 2 aromatic carbocycles. The van der Waals surface area contributed by atoms with Crippen LogP contribution in [-0.2, 0) is 36.9 Å². The van der Waals surface area contributed by atoms with Crippen LogP contribution in [0.1, 0.15) is 51.7 Å². The molecular weight excluding hydrogens is 545 g/mol. The zero-order valence-electron chi connectivity index (χ0n) is 21.7. The van der Waals surface area contributed by atoms with Crippen molar-refractivity contribution in [2.45, 2.75) is 69.7 Å². The van der Waals surface area contributed by atoms with Crippen LogP contribution in [0, 0.1) is 10.1 Å². The normalized spacial score (nSPS) is 13.0. The molecule has 0 bridgehead atoms. The summed E-state index contributed by atoms with van der Waals surface area (Å²) < 4.78 is 78.1. The van der Waals surface area contributed by atoms with Crippen molar-refractivity contribution in [3.8, 4) is 5.75 Å². The maximum atomic E-state index is 13.1. The van der Waals surface area contributed by atoms with Crippen LogP contribution in [0.4, 0.5) is 18.9 Å². The van der Waals surface area contributed by atoms with Crippen molar-refractivity contribution in [3.63, 3.8) is 0 Å². The molecule has 0 unspecified atom stereocenters. The Morgan fingerprint density at radius 2 is 1.77 bits per heavy atom. The van der Waals surface area contributed by atoms with Gasteiger partial charge in [0, 0.05) is 12.5 Å². The van der Waals surface area contributed by atoms with E-state index in [4.69, 9.17) is 9.47 Å². The van der Waals surface area contributed by atoms with E-state index in [-0.39, 0.29) is 30.1 Å². The molecule has 2 rings (SSSR count). The van der Waals surface area contributed by atoms with Gasteiger partial charge < -0.3 is 14.3 Å². The third-order valence-corrected chi connectivity index (χ3v) is 6.52. The molecule has 39 heavy (non-hydrogen) atoms. The lowest BCUT2D eigenvalue weighted by Gasteiger charge is -2.25. The van der Waals surface area contributed by atoms with E-state index in [1.807, 2.05) is 0 Å². The number of hydrogen-bond acceptors (Lipinski definition) is 8. The third kappa shape index (κ3) is 9.94. The highest BCUT2D eigenvalue weighted by atomic mass is 32.2. The van der Waals surface area contributed by atoms with Crippen molar-refractivity contribution in [1.29, 1.82) is 0 Å². The second-order valence-corrected chi connectivity index (χ2v) is 11.4. The molecule has 0 amide bonds. The molecule has 2 aromatic rings. The van der Waals surface area contributed by atoms with Crippen molar-refractivity contribution >= 4 is 27.5 Å². The number of nitro benzene ring substituents is 1. The Balaban J connectivity index is 2.38. The number of halogens is 3. The number of ketones is 1. The van der Waals surface area contributed by atoms with Crippen molar-refractivity contribution in [2.24, 2.45) is 0 Å². The average Bonchev–Trinajstić information content (AvgIpc) is 2.80. The van der Waals surface area contributed by atoms with E-state index in [1.165, 1.54) is 39.8 Å². The summed E-state index contributed by atoms with van der Waals surface area (Å²) in [6, 6.07) is 5.09. The number of hydrogen-bond donors (Lipinski definition) is 1. The van der Waals surface area contributed by atoms with Crippen molar-refractivity contribution < 1.29 is 45.6 Å². The summed E-state index contributed by atoms with van der Waals surface area (Å²) in [4.78, 5) is 34.1. The predicted molar refractivity (Wildman–Crippen MR) is 134 cm³/mol. The summed E-state index contributed by atoms with van der Waals surface area (Å²) in [7, 11) is -4.66. The fourth-order valence-electron chi connectivity index (χ4n) is 3.33. The van der Waals surface area contributed by atoms with Gasteiger partial charge in [-0.1, -0.05) is 12.1 Å². The van der Waals surface area contributed by atoms with E-state index in [1.54, 1.807) is 0 Å². The van der Waals surface area contributed by atoms with Crippen LogP contribution in [0.25, 0.3) is 0 Å². The number of carbonyl (C=O) groups is 2. The van der Waals surface area contributed by atoms with E-state index in [0.717, 1.165) is 18.2 Å². The Labute approximate surface area is 223 Å². The molecule has 0 fully saturated rings. The van der Waals surface area contributed by atoms with E-state index in [9.17, 15) is 41.3 Å². The maximum Gasteiger partial charge on any atom is 0.416 e. The number of ether oxygens (including phenoxy) is 2. The second kappa shape index (κ2) is 12.6. The summed E-state index contributed by atoms with van der Waals surface area (Å²) in [5, 5.41) is 11.6. The Morgan fingerprint density at radius 3 is 2.33 bits per heavy atom. The molecule has 0 aliphatic carbocycles. The summed E-state index contributed by atoms with van der Waals surface area (Å²) in [6.07, 6.45) is -4.65. The number of carbonyl (C=O) groups excluding carboxylic acids is 2. The van der Waals surface area contributed by atoms with Crippen LogP contribution in [0.15, 0.2) is 47.4 Å². The number of nitrogens with zero attached hydrogens (tertiary/aromatic N) is 1.